The molecule has 5 heteroatoms. The van der Waals surface area contributed by atoms with Crippen molar-refractivity contribution in [3.05, 3.63) is 114 Å². The van der Waals surface area contributed by atoms with Crippen LogP contribution in [0.1, 0.15) is 41.5 Å². The molecule has 1 N–H and O–H groups in total. The van der Waals surface area contributed by atoms with Gasteiger partial charge in [-0.1, -0.05) is 43.3 Å². The van der Waals surface area contributed by atoms with Crippen LogP contribution in [0.3, 0.4) is 0 Å². The van der Waals surface area contributed by atoms with Crippen LogP contribution in [0.5, 0.6) is 0 Å². The van der Waals surface area contributed by atoms with Gasteiger partial charge in [-0.3, -0.25) is 4.98 Å². The van der Waals surface area contributed by atoms with Gasteiger partial charge < -0.3 is 14.8 Å². The number of para-hydroxylation sites is 1. The maximum absolute atomic E-state index is 5.88. The lowest BCUT2D eigenvalue weighted by atomic mass is 10.00. The molecule has 4 aromatic rings. The molecule has 0 radical (unpaired) electrons. The van der Waals surface area contributed by atoms with Crippen molar-refractivity contribution >= 4 is 23.0 Å². The topological polar surface area (TPSA) is 33.1 Å². The Balaban J connectivity index is 1.66. The minimum absolute atomic E-state index is 0.0421. The second kappa shape index (κ2) is 8.60. The maximum Gasteiger partial charge on any atom is 0.174 e. The number of hydrogen-bond acceptors (Lipinski definition) is 2. The van der Waals surface area contributed by atoms with Crippen molar-refractivity contribution in [1.82, 2.24) is 14.9 Å². The molecule has 160 valence electrons. The molecule has 1 fully saturated rings. The molecule has 0 unspecified atom stereocenters. The Morgan fingerprint density at radius 3 is 2.44 bits per heavy atom. The van der Waals surface area contributed by atoms with Gasteiger partial charge >= 0.3 is 0 Å². The molecule has 1 aliphatic rings. The van der Waals surface area contributed by atoms with Crippen LogP contribution in [0.25, 0.3) is 5.69 Å². The number of anilines is 1. The lowest BCUT2D eigenvalue weighted by molar-refractivity contribution is 0.549. The first kappa shape index (κ1) is 20.5. The third kappa shape index (κ3) is 3.59. The van der Waals surface area contributed by atoms with Crippen molar-refractivity contribution in [3.63, 3.8) is 0 Å². The third-order valence-corrected chi connectivity index (χ3v) is 6.49. The average molecular weight is 439 g/mol. The van der Waals surface area contributed by atoms with Crippen LogP contribution in [0.15, 0.2) is 91.3 Å². The molecule has 0 spiro atoms. The molecule has 32 heavy (non-hydrogen) atoms. The van der Waals surface area contributed by atoms with Crippen molar-refractivity contribution in [1.29, 1.82) is 0 Å². The summed E-state index contributed by atoms with van der Waals surface area (Å²) in [4.78, 5) is 6.91. The summed E-state index contributed by atoms with van der Waals surface area (Å²) in [5.41, 5.74) is 6.94. The molecular weight excluding hydrogens is 412 g/mol. The predicted molar refractivity (Wildman–Crippen MR) is 134 cm³/mol. The molecule has 0 aliphatic carbocycles. The van der Waals surface area contributed by atoms with E-state index < -0.39 is 0 Å². The molecular formula is C27H26N4S. The Morgan fingerprint density at radius 1 is 0.938 bits per heavy atom. The summed E-state index contributed by atoms with van der Waals surface area (Å²) in [5, 5.41) is 4.28. The lowest BCUT2D eigenvalue weighted by Gasteiger charge is -2.29. The molecule has 2 aromatic carbocycles. The minimum atomic E-state index is -0.0628. The van der Waals surface area contributed by atoms with Crippen molar-refractivity contribution < 1.29 is 0 Å². The fourth-order valence-corrected chi connectivity index (χ4v) is 4.86. The lowest BCUT2D eigenvalue weighted by Crippen LogP contribution is -2.30. The summed E-state index contributed by atoms with van der Waals surface area (Å²) >= 11 is 5.88. The van der Waals surface area contributed by atoms with Gasteiger partial charge in [0.15, 0.2) is 5.11 Å². The van der Waals surface area contributed by atoms with Gasteiger partial charge in [0.1, 0.15) is 6.04 Å². The normalized spacial score (nSPS) is 18.1. The number of thiocarbonyl (C=S) groups is 1. The summed E-state index contributed by atoms with van der Waals surface area (Å²) in [6.07, 6.45) is 4.99. The second-order valence-electron chi connectivity index (χ2n) is 8.11. The predicted octanol–water partition coefficient (Wildman–Crippen LogP) is 5.92. The van der Waals surface area contributed by atoms with E-state index in [4.69, 9.17) is 12.2 Å². The number of hydrogen-bond donors (Lipinski definition) is 1. The van der Waals surface area contributed by atoms with Crippen molar-refractivity contribution in [2.45, 2.75) is 32.4 Å². The Labute approximate surface area is 194 Å². The van der Waals surface area contributed by atoms with E-state index in [1.807, 2.05) is 18.3 Å². The zero-order valence-electron chi connectivity index (χ0n) is 18.3. The van der Waals surface area contributed by atoms with Crippen molar-refractivity contribution in [2.75, 3.05) is 4.90 Å². The van der Waals surface area contributed by atoms with E-state index in [0.717, 1.165) is 17.8 Å². The Bertz CT molecular complexity index is 1230. The minimum Gasteiger partial charge on any atom is -0.351 e. The SMILES string of the molecule is CCc1ccc(N2C(=S)N[C@@H](c3ccccn3)[C@H]2c2cccn2-c2ccccc2C)cc1. The molecule has 0 bridgehead atoms. The Kier molecular flexibility index (Phi) is 5.50. The fraction of sp³-hybridized carbons (Fsp3) is 0.185. The van der Waals surface area contributed by atoms with E-state index in [1.165, 1.54) is 22.5 Å². The van der Waals surface area contributed by atoms with Crippen LogP contribution >= 0.6 is 12.2 Å². The van der Waals surface area contributed by atoms with Gasteiger partial charge in [-0.2, -0.15) is 0 Å². The van der Waals surface area contributed by atoms with Gasteiger partial charge in [0.2, 0.25) is 0 Å². The van der Waals surface area contributed by atoms with Gasteiger partial charge in [-0.15, -0.1) is 0 Å². The van der Waals surface area contributed by atoms with Crippen LogP contribution in [0.2, 0.25) is 0 Å². The highest BCUT2D eigenvalue weighted by atomic mass is 32.1. The van der Waals surface area contributed by atoms with Gasteiger partial charge in [0, 0.05) is 29.5 Å². The van der Waals surface area contributed by atoms with Crippen LogP contribution in [-0.2, 0) is 6.42 Å². The van der Waals surface area contributed by atoms with E-state index in [0.29, 0.717) is 5.11 Å². The standard InChI is InChI=1S/C27H26N4S/c1-3-20-13-15-21(16-14-20)31-26(25(29-27(31)32)22-10-6-7-17-28-22)24-12-8-18-30(24)23-11-5-4-9-19(23)2/h4-18,25-26H,3H2,1-2H3,(H,29,32)/t25-,26+/m0/s1. The molecule has 5 rings (SSSR count). The monoisotopic (exact) mass is 438 g/mol. The van der Waals surface area contributed by atoms with Gasteiger partial charge in [-0.05, 0) is 79.2 Å². The first-order valence-corrected chi connectivity index (χ1v) is 11.4. The molecule has 0 saturated carbocycles. The largest absolute Gasteiger partial charge is 0.351 e. The first-order valence-electron chi connectivity index (χ1n) is 11.0. The van der Waals surface area contributed by atoms with E-state index in [2.05, 4.69) is 107 Å². The van der Waals surface area contributed by atoms with Crippen LogP contribution in [0.4, 0.5) is 5.69 Å². The Hall–Kier alpha value is -3.44. The summed E-state index contributed by atoms with van der Waals surface area (Å²) in [5.74, 6) is 0. The summed E-state index contributed by atoms with van der Waals surface area (Å²) in [7, 11) is 0. The van der Waals surface area contributed by atoms with E-state index in [9.17, 15) is 0 Å². The van der Waals surface area contributed by atoms with Crippen LogP contribution < -0.4 is 10.2 Å². The average Bonchev–Trinajstić information content (AvgIpc) is 3.44. The number of aryl methyl sites for hydroxylation is 2. The molecule has 2 aromatic heterocycles. The van der Waals surface area contributed by atoms with E-state index in [1.54, 1.807) is 0 Å². The van der Waals surface area contributed by atoms with Crippen molar-refractivity contribution in [3.8, 4) is 5.69 Å². The number of rotatable bonds is 5. The molecule has 0 amide bonds. The smallest absolute Gasteiger partial charge is 0.174 e. The summed E-state index contributed by atoms with van der Waals surface area (Å²) < 4.78 is 2.28. The first-order chi connectivity index (χ1) is 15.7. The van der Waals surface area contributed by atoms with Gasteiger partial charge in [-0.25, -0.2) is 0 Å². The van der Waals surface area contributed by atoms with Gasteiger partial charge in [0.25, 0.3) is 0 Å². The number of pyridine rings is 1. The molecule has 1 saturated heterocycles. The quantitative estimate of drug-likeness (QED) is 0.392. The number of nitrogens with one attached hydrogen (secondary N) is 1. The maximum atomic E-state index is 5.88. The highest BCUT2D eigenvalue weighted by Crippen LogP contribution is 2.42. The van der Waals surface area contributed by atoms with Crippen molar-refractivity contribution in [2.24, 2.45) is 0 Å². The van der Waals surface area contributed by atoms with Gasteiger partial charge in [0.05, 0.1) is 11.7 Å². The highest BCUT2D eigenvalue weighted by Gasteiger charge is 2.42. The highest BCUT2D eigenvalue weighted by molar-refractivity contribution is 7.80. The Morgan fingerprint density at radius 2 is 1.72 bits per heavy atom. The number of nitrogens with zero attached hydrogens (tertiary/aromatic N) is 3. The van der Waals surface area contributed by atoms with E-state index in [-0.39, 0.29) is 12.1 Å². The number of benzene rings is 2. The third-order valence-electron chi connectivity index (χ3n) is 6.18. The summed E-state index contributed by atoms with van der Waals surface area (Å²) in [6, 6.07) is 27.4. The van der Waals surface area contributed by atoms with E-state index >= 15 is 0 Å². The molecule has 1 aliphatic heterocycles. The molecule has 4 nitrogen and oxygen atoms in total. The van der Waals surface area contributed by atoms with Crippen LogP contribution in [-0.4, -0.2) is 14.7 Å². The van der Waals surface area contributed by atoms with Crippen LogP contribution in [0, 0.1) is 6.92 Å². The molecule has 3 heterocycles. The zero-order chi connectivity index (χ0) is 22.1. The summed E-state index contributed by atoms with van der Waals surface area (Å²) in [6.45, 7) is 4.32. The second-order valence-corrected chi connectivity index (χ2v) is 8.49. The molecule has 2 atom stereocenters. The number of aromatic nitrogens is 2. The fourth-order valence-electron chi connectivity index (χ4n) is 4.51. The zero-order valence-corrected chi connectivity index (χ0v) is 19.1.